The van der Waals surface area contributed by atoms with Gasteiger partial charge in [0.2, 0.25) is 0 Å². The highest BCUT2D eigenvalue weighted by atomic mass is 19.1. The Morgan fingerprint density at radius 1 is 1.63 bits per heavy atom. The molecule has 2 rings (SSSR count). The van der Waals surface area contributed by atoms with E-state index in [1.54, 1.807) is 18.9 Å². The van der Waals surface area contributed by atoms with E-state index in [0.717, 1.165) is 6.07 Å². The van der Waals surface area contributed by atoms with E-state index >= 15 is 0 Å². The maximum absolute atomic E-state index is 14.0. The van der Waals surface area contributed by atoms with Crippen molar-refractivity contribution in [1.29, 1.82) is 5.26 Å². The van der Waals surface area contributed by atoms with E-state index in [1.807, 2.05) is 0 Å². The van der Waals surface area contributed by atoms with Crippen LogP contribution in [0.2, 0.25) is 0 Å². The summed E-state index contributed by atoms with van der Waals surface area (Å²) in [6.07, 6.45) is -1.32. The number of aliphatic hydroxyl groups excluding tert-OH is 1. The zero-order valence-corrected chi connectivity index (χ0v) is 10.6. The molecule has 0 fully saturated rings. The topological polar surface area (TPSA) is 76.4 Å². The van der Waals surface area contributed by atoms with Gasteiger partial charge in [-0.25, -0.2) is 4.39 Å². The molecule has 1 aromatic carbocycles. The number of carbonyl (C=O) groups is 1. The van der Waals surface area contributed by atoms with Gasteiger partial charge in [-0.15, -0.1) is 0 Å². The fourth-order valence-electron chi connectivity index (χ4n) is 2.10. The molecule has 1 amide bonds. The Hall–Kier alpha value is -2.13. The van der Waals surface area contributed by atoms with Gasteiger partial charge >= 0.3 is 0 Å². The molecule has 0 radical (unpaired) electrons. The molecular formula is C13H14FN3O2. The molecule has 6 heteroatoms. The van der Waals surface area contributed by atoms with Crippen LogP contribution < -0.4 is 10.2 Å². The first kappa shape index (κ1) is 13.3. The van der Waals surface area contributed by atoms with Crippen molar-refractivity contribution in [3.8, 4) is 6.07 Å². The fourth-order valence-corrected chi connectivity index (χ4v) is 2.10. The monoisotopic (exact) mass is 263 g/mol. The Kier molecular flexibility index (Phi) is 3.40. The van der Waals surface area contributed by atoms with Gasteiger partial charge in [0.1, 0.15) is 5.82 Å². The zero-order chi connectivity index (χ0) is 14.2. The van der Waals surface area contributed by atoms with Crippen molar-refractivity contribution in [3.63, 3.8) is 0 Å². The molecule has 0 saturated heterocycles. The van der Waals surface area contributed by atoms with Gasteiger partial charge < -0.3 is 15.3 Å². The number of nitrogens with one attached hydrogen (secondary N) is 1. The van der Waals surface area contributed by atoms with Gasteiger partial charge in [-0.2, -0.15) is 5.26 Å². The average Bonchev–Trinajstić information content (AvgIpc) is 2.64. The first-order valence-corrected chi connectivity index (χ1v) is 5.87. The molecule has 0 aromatic heterocycles. The molecule has 0 aliphatic carbocycles. The lowest BCUT2D eigenvalue weighted by atomic mass is 10.1. The van der Waals surface area contributed by atoms with E-state index in [4.69, 9.17) is 5.26 Å². The quantitative estimate of drug-likeness (QED) is 0.864. The molecule has 2 atom stereocenters. The van der Waals surface area contributed by atoms with Crippen molar-refractivity contribution in [2.24, 2.45) is 5.92 Å². The second-order valence-electron chi connectivity index (χ2n) is 4.69. The lowest BCUT2D eigenvalue weighted by molar-refractivity contribution is -0.123. The van der Waals surface area contributed by atoms with Crippen molar-refractivity contribution in [2.75, 3.05) is 23.8 Å². The normalized spacial score (nSPS) is 18.5. The van der Waals surface area contributed by atoms with Gasteiger partial charge in [-0.3, -0.25) is 4.79 Å². The number of nitrogens with zero attached hydrogens (tertiary/aromatic N) is 2. The molecule has 2 N–H and O–H groups in total. The van der Waals surface area contributed by atoms with Crippen molar-refractivity contribution in [2.45, 2.75) is 13.0 Å². The van der Waals surface area contributed by atoms with Crippen LogP contribution in [0.1, 0.15) is 18.6 Å². The van der Waals surface area contributed by atoms with Crippen LogP contribution in [0.3, 0.4) is 0 Å². The summed E-state index contributed by atoms with van der Waals surface area (Å²) in [5.74, 6) is -1.32. The average molecular weight is 263 g/mol. The standard InChI is InChI=1S/C13H14FN3O2/c1-7(5-15)6-17(2)11-4-10-8(3-9(11)14)12(18)13(19)16-10/h3-4,7,12,18H,6H2,1-2H3,(H,16,19). The number of carbonyl (C=O) groups excluding carboxylic acids is 1. The fraction of sp³-hybridized carbons (Fsp3) is 0.385. The lowest BCUT2D eigenvalue weighted by Crippen LogP contribution is -2.24. The molecule has 100 valence electrons. The third kappa shape index (κ3) is 2.37. The minimum atomic E-state index is -1.32. The molecule has 1 heterocycles. The number of anilines is 2. The third-order valence-corrected chi connectivity index (χ3v) is 3.10. The summed E-state index contributed by atoms with van der Waals surface area (Å²) < 4.78 is 14.0. The number of benzene rings is 1. The number of amides is 1. The third-order valence-electron chi connectivity index (χ3n) is 3.10. The number of nitriles is 1. The van der Waals surface area contributed by atoms with Crippen LogP contribution >= 0.6 is 0 Å². The zero-order valence-electron chi connectivity index (χ0n) is 10.6. The lowest BCUT2D eigenvalue weighted by Gasteiger charge is -2.21. The summed E-state index contributed by atoms with van der Waals surface area (Å²) in [4.78, 5) is 12.9. The minimum absolute atomic E-state index is 0.238. The van der Waals surface area contributed by atoms with E-state index in [-0.39, 0.29) is 17.2 Å². The Bertz CT molecular complexity index is 568. The van der Waals surface area contributed by atoms with Crippen molar-refractivity contribution < 1.29 is 14.3 Å². The number of fused-ring (bicyclic) bond motifs is 1. The summed E-state index contributed by atoms with van der Waals surface area (Å²) in [5, 5.41) is 20.8. The molecule has 0 spiro atoms. The van der Waals surface area contributed by atoms with Gasteiger partial charge in [0.05, 0.1) is 17.7 Å². The van der Waals surface area contributed by atoms with Crippen LogP contribution in [-0.4, -0.2) is 24.6 Å². The Labute approximate surface area is 110 Å². The maximum Gasteiger partial charge on any atom is 0.257 e. The first-order chi connectivity index (χ1) is 8.93. The summed E-state index contributed by atoms with van der Waals surface area (Å²) in [7, 11) is 1.67. The molecule has 5 nitrogen and oxygen atoms in total. The molecule has 1 aromatic rings. The summed E-state index contributed by atoms with van der Waals surface area (Å²) >= 11 is 0. The molecule has 19 heavy (non-hydrogen) atoms. The number of aliphatic hydroxyl groups is 1. The van der Waals surface area contributed by atoms with Crippen LogP contribution in [0.25, 0.3) is 0 Å². The van der Waals surface area contributed by atoms with Gasteiger partial charge in [-0.05, 0) is 19.1 Å². The first-order valence-electron chi connectivity index (χ1n) is 5.87. The largest absolute Gasteiger partial charge is 0.378 e. The van der Waals surface area contributed by atoms with Crippen LogP contribution in [0, 0.1) is 23.1 Å². The molecular weight excluding hydrogens is 249 g/mol. The summed E-state index contributed by atoms with van der Waals surface area (Å²) in [6.45, 7) is 2.12. The molecule has 1 aliphatic rings. The second-order valence-corrected chi connectivity index (χ2v) is 4.69. The predicted molar refractivity (Wildman–Crippen MR) is 68.0 cm³/mol. The van der Waals surface area contributed by atoms with E-state index in [2.05, 4.69) is 11.4 Å². The molecule has 1 aliphatic heterocycles. The molecule has 0 saturated carbocycles. The van der Waals surface area contributed by atoms with Crippen LogP contribution in [0.4, 0.5) is 15.8 Å². The van der Waals surface area contributed by atoms with E-state index in [9.17, 15) is 14.3 Å². The predicted octanol–water partition coefficient (Wildman–Crippen LogP) is 1.41. The van der Waals surface area contributed by atoms with Gasteiger partial charge in [0.15, 0.2) is 6.10 Å². The summed E-state index contributed by atoms with van der Waals surface area (Å²) in [5.41, 5.74) is 0.939. The highest BCUT2D eigenvalue weighted by Gasteiger charge is 2.30. The van der Waals surface area contributed by atoms with Gasteiger partial charge in [-0.1, -0.05) is 0 Å². The Morgan fingerprint density at radius 3 is 2.95 bits per heavy atom. The van der Waals surface area contributed by atoms with Gasteiger partial charge in [0.25, 0.3) is 5.91 Å². The van der Waals surface area contributed by atoms with Crippen molar-refractivity contribution in [3.05, 3.63) is 23.5 Å². The van der Waals surface area contributed by atoms with E-state index < -0.39 is 17.8 Å². The van der Waals surface area contributed by atoms with Crippen LogP contribution in [0.15, 0.2) is 12.1 Å². The molecule has 2 unspecified atom stereocenters. The number of hydrogen-bond donors (Lipinski definition) is 2. The highest BCUT2D eigenvalue weighted by Crippen LogP contribution is 2.35. The minimum Gasteiger partial charge on any atom is -0.378 e. The van der Waals surface area contributed by atoms with Crippen molar-refractivity contribution >= 4 is 17.3 Å². The number of hydrogen-bond acceptors (Lipinski definition) is 4. The van der Waals surface area contributed by atoms with E-state index in [0.29, 0.717) is 12.2 Å². The van der Waals surface area contributed by atoms with E-state index in [1.165, 1.54) is 6.07 Å². The SMILES string of the molecule is CC(C#N)CN(C)c1cc2c(cc1F)C(O)C(=O)N2. The number of rotatable bonds is 3. The summed E-state index contributed by atoms with van der Waals surface area (Å²) in [6, 6.07) is 4.71. The Morgan fingerprint density at radius 2 is 2.32 bits per heavy atom. The van der Waals surface area contributed by atoms with Crippen LogP contribution in [0.5, 0.6) is 0 Å². The Balaban J connectivity index is 2.32. The maximum atomic E-state index is 14.0. The van der Waals surface area contributed by atoms with Crippen LogP contribution in [-0.2, 0) is 4.79 Å². The highest BCUT2D eigenvalue weighted by molar-refractivity contribution is 6.02. The smallest absolute Gasteiger partial charge is 0.257 e. The molecule has 0 bridgehead atoms. The number of halogens is 1. The second kappa shape index (κ2) is 4.86. The van der Waals surface area contributed by atoms with Gasteiger partial charge in [0, 0.05) is 24.8 Å². The van der Waals surface area contributed by atoms with Crippen molar-refractivity contribution in [1.82, 2.24) is 0 Å².